The topological polar surface area (TPSA) is 43.6 Å². The Kier molecular flexibility index (Phi) is 5.64. The minimum atomic E-state index is 0.603. The number of benzene rings is 6. The second-order valence-corrected chi connectivity index (χ2v) is 12.0. The van der Waals surface area contributed by atoms with Crippen molar-refractivity contribution in [3.05, 3.63) is 146 Å². The van der Waals surface area contributed by atoms with Crippen LogP contribution in [0.5, 0.6) is 0 Å². The van der Waals surface area contributed by atoms with Gasteiger partial charge in [-0.05, 0) is 35.4 Å². The van der Waals surface area contributed by atoms with Gasteiger partial charge in [0.05, 0.1) is 11.0 Å². The summed E-state index contributed by atoms with van der Waals surface area (Å²) in [7, 11) is 0. The molecule has 0 aliphatic carbocycles. The first kappa shape index (κ1) is 24.9. The zero-order valence-corrected chi connectivity index (χ0v) is 24.4. The summed E-state index contributed by atoms with van der Waals surface area (Å²) in [5.74, 6) is 1.90. The van der Waals surface area contributed by atoms with E-state index in [2.05, 4.69) is 144 Å². The predicted molar refractivity (Wildman–Crippen MR) is 183 cm³/mol. The molecular weight excluding hydrogens is 557 g/mol. The summed E-state index contributed by atoms with van der Waals surface area (Å²) in [6.45, 7) is 0. The average Bonchev–Trinajstić information content (AvgIpc) is 3.64. The average molecular weight is 581 g/mol. The van der Waals surface area contributed by atoms with E-state index in [1.807, 2.05) is 6.07 Å². The van der Waals surface area contributed by atoms with Gasteiger partial charge >= 0.3 is 0 Å². The fourth-order valence-electron chi connectivity index (χ4n) is 6.17. The third kappa shape index (κ3) is 4.02. The molecule has 0 spiro atoms. The molecule has 3 aromatic heterocycles. The lowest BCUT2D eigenvalue weighted by Gasteiger charge is -2.11. The van der Waals surface area contributed by atoms with Crippen LogP contribution < -0.4 is 0 Å². The number of fused-ring (bicyclic) bond motifs is 6. The van der Waals surface area contributed by atoms with Gasteiger partial charge < -0.3 is 0 Å². The monoisotopic (exact) mass is 580 g/mol. The number of thiophene rings is 1. The first-order valence-electron chi connectivity index (χ1n) is 14.6. The molecule has 0 amide bonds. The minimum Gasteiger partial charge on any atom is -0.278 e. The number of hydrogen-bond acceptors (Lipinski definition) is 4. The Morgan fingerprint density at radius 3 is 1.64 bits per heavy atom. The molecular formula is C39H24N4S. The molecule has 206 valence electrons. The molecule has 9 rings (SSSR count). The molecule has 0 saturated heterocycles. The van der Waals surface area contributed by atoms with Crippen LogP contribution in [0.1, 0.15) is 0 Å². The maximum absolute atomic E-state index is 5.14. The van der Waals surface area contributed by atoms with Gasteiger partial charge in [0, 0.05) is 42.1 Å². The standard InChI is InChI=1S/C39H24N4S/c1-2-10-25(11-3-1)26-18-20-27(21-19-26)37-40-38(28-22-23-32-31-14-6-9-17-35(31)44-36(32)24-28)42-39(41-37)43-33-15-7-4-12-29(33)30-13-5-8-16-34(30)43/h1-24H. The van der Waals surface area contributed by atoms with Crippen molar-refractivity contribution in [1.29, 1.82) is 0 Å². The molecule has 5 heteroatoms. The second-order valence-electron chi connectivity index (χ2n) is 10.9. The van der Waals surface area contributed by atoms with Crippen LogP contribution in [0.2, 0.25) is 0 Å². The van der Waals surface area contributed by atoms with Crippen molar-refractivity contribution in [2.75, 3.05) is 0 Å². The molecule has 0 aliphatic heterocycles. The Morgan fingerprint density at radius 2 is 0.909 bits per heavy atom. The molecule has 0 saturated carbocycles. The van der Waals surface area contributed by atoms with Crippen LogP contribution in [0.15, 0.2) is 146 Å². The van der Waals surface area contributed by atoms with Crippen LogP contribution in [0, 0.1) is 0 Å². The van der Waals surface area contributed by atoms with Gasteiger partial charge in [-0.25, -0.2) is 4.98 Å². The summed E-state index contributed by atoms with van der Waals surface area (Å²) in [6, 6.07) is 50.9. The van der Waals surface area contributed by atoms with Crippen molar-refractivity contribution >= 4 is 53.3 Å². The van der Waals surface area contributed by atoms with Gasteiger partial charge in [-0.1, -0.05) is 121 Å². The van der Waals surface area contributed by atoms with Gasteiger partial charge in [0.2, 0.25) is 5.95 Å². The fraction of sp³-hybridized carbons (Fsp3) is 0. The zero-order valence-electron chi connectivity index (χ0n) is 23.6. The van der Waals surface area contributed by atoms with Crippen molar-refractivity contribution in [2.45, 2.75) is 0 Å². The Hall–Kier alpha value is -5.65. The first-order chi connectivity index (χ1) is 21.8. The summed E-state index contributed by atoms with van der Waals surface area (Å²) >= 11 is 1.80. The van der Waals surface area contributed by atoms with Crippen LogP contribution in [0.3, 0.4) is 0 Å². The van der Waals surface area contributed by atoms with E-state index in [1.165, 1.54) is 36.5 Å². The highest BCUT2D eigenvalue weighted by Gasteiger charge is 2.18. The van der Waals surface area contributed by atoms with Crippen molar-refractivity contribution in [1.82, 2.24) is 19.5 Å². The van der Waals surface area contributed by atoms with E-state index in [0.29, 0.717) is 17.6 Å². The van der Waals surface area contributed by atoms with Gasteiger partial charge in [0.15, 0.2) is 11.6 Å². The molecule has 0 bridgehead atoms. The third-order valence-electron chi connectivity index (χ3n) is 8.29. The van der Waals surface area contributed by atoms with Gasteiger partial charge in [-0.15, -0.1) is 11.3 Å². The Labute approximate surface area is 257 Å². The van der Waals surface area contributed by atoms with Gasteiger partial charge in [-0.2, -0.15) is 9.97 Å². The highest BCUT2D eigenvalue weighted by Crippen LogP contribution is 2.37. The highest BCUT2D eigenvalue weighted by atomic mass is 32.1. The smallest absolute Gasteiger partial charge is 0.238 e. The molecule has 3 heterocycles. The lowest BCUT2D eigenvalue weighted by Crippen LogP contribution is -2.06. The van der Waals surface area contributed by atoms with Crippen LogP contribution in [0.25, 0.3) is 81.8 Å². The molecule has 0 N–H and O–H groups in total. The zero-order chi connectivity index (χ0) is 29.0. The molecule has 4 nitrogen and oxygen atoms in total. The minimum absolute atomic E-state index is 0.603. The van der Waals surface area contributed by atoms with Crippen LogP contribution in [-0.2, 0) is 0 Å². The SMILES string of the molecule is c1ccc(-c2ccc(-c3nc(-c4ccc5c(c4)sc4ccccc45)nc(-n4c5ccccc5c5ccccc54)n3)cc2)cc1. The third-order valence-corrected chi connectivity index (χ3v) is 9.42. The van der Waals surface area contributed by atoms with E-state index in [0.717, 1.165) is 27.7 Å². The quantitative estimate of drug-likeness (QED) is 0.208. The van der Waals surface area contributed by atoms with E-state index in [-0.39, 0.29) is 0 Å². The van der Waals surface area contributed by atoms with Crippen molar-refractivity contribution in [3.63, 3.8) is 0 Å². The molecule has 9 aromatic rings. The van der Waals surface area contributed by atoms with Crippen LogP contribution in [-0.4, -0.2) is 19.5 Å². The molecule has 0 atom stereocenters. The Balaban J connectivity index is 1.27. The summed E-state index contributed by atoms with van der Waals surface area (Å²) < 4.78 is 4.66. The van der Waals surface area contributed by atoms with Crippen LogP contribution in [0.4, 0.5) is 0 Å². The summed E-state index contributed by atoms with van der Waals surface area (Å²) in [6.07, 6.45) is 0. The van der Waals surface area contributed by atoms with Crippen molar-refractivity contribution in [3.8, 4) is 39.9 Å². The molecule has 0 fully saturated rings. The molecule has 6 aromatic carbocycles. The molecule has 0 radical (unpaired) electrons. The van der Waals surface area contributed by atoms with Gasteiger partial charge in [0.25, 0.3) is 0 Å². The second kappa shape index (κ2) is 9.97. The molecule has 0 aliphatic rings. The number of nitrogens with zero attached hydrogens (tertiary/aromatic N) is 4. The van der Waals surface area contributed by atoms with Crippen molar-refractivity contribution < 1.29 is 0 Å². The van der Waals surface area contributed by atoms with E-state index in [1.54, 1.807) is 11.3 Å². The van der Waals surface area contributed by atoms with E-state index < -0.39 is 0 Å². The predicted octanol–water partition coefficient (Wildman–Crippen LogP) is 10.3. The van der Waals surface area contributed by atoms with E-state index in [9.17, 15) is 0 Å². The van der Waals surface area contributed by atoms with Crippen LogP contribution >= 0.6 is 11.3 Å². The van der Waals surface area contributed by atoms with Crippen molar-refractivity contribution in [2.24, 2.45) is 0 Å². The normalized spacial score (nSPS) is 11.6. The van der Waals surface area contributed by atoms with Gasteiger partial charge in [-0.3, -0.25) is 4.57 Å². The fourth-order valence-corrected chi connectivity index (χ4v) is 7.31. The van der Waals surface area contributed by atoms with E-state index in [4.69, 9.17) is 15.0 Å². The molecule has 44 heavy (non-hydrogen) atoms. The highest BCUT2D eigenvalue weighted by molar-refractivity contribution is 7.25. The Morgan fingerprint density at radius 1 is 0.386 bits per heavy atom. The summed E-state index contributed by atoms with van der Waals surface area (Å²) in [5, 5.41) is 4.87. The summed E-state index contributed by atoms with van der Waals surface area (Å²) in [4.78, 5) is 15.3. The number of aromatic nitrogens is 4. The number of hydrogen-bond donors (Lipinski definition) is 0. The first-order valence-corrected chi connectivity index (χ1v) is 15.4. The largest absolute Gasteiger partial charge is 0.278 e. The maximum atomic E-state index is 5.14. The van der Waals surface area contributed by atoms with Gasteiger partial charge in [0.1, 0.15) is 0 Å². The molecule has 0 unspecified atom stereocenters. The lowest BCUT2D eigenvalue weighted by molar-refractivity contribution is 0.954. The summed E-state index contributed by atoms with van der Waals surface area (Å²) in [5.41, 5.74) is 6.38. The lowest BCUT2D eigenvalue weighted by atomic mass is 10.0. The number of rotatable bonds is 4. The van der Waals surface area contributed by atoms with E-state index >= 15 is 0 Å². The maximum Gasteiger partial charge on any atom is 0.238 e. The Bertz CT molecular complexity index is 2440. The number of para-hydroxylation sites is 2.